The number of benzene rings is 1. The molecule has 1 heterocycles. The van der Waals surface area contributed by atoms with Gasteiger partial charge in [0.2, 0.25) is 10.0 Å². The van der Waals surface area contributed by atoms with Crippen molar-refractivity contribution in [3.63, 3.8) is 0 Å². The standard InChI is InChI=1S/C15H20F3N3O3S/c1-25(23,24)21-8-6-11(7-9-21)10-19-14(22)20-13-4-2-12(3-5-13)15(16,17)18/h2-5,11H,6-10H2,1H3,(H2,19,20,22). The van der Waals surface area contributed by atoms with E-state index in [4.69, 9.17) is 0 Å². The Morgan fingerprint density at radius 3 is 2.24 bits per heavy atom. The highest BCUT2D eigenvalue weighted by Crippen LogP contribution is 2.29. The van der Waals surface area contributed by atoms with Crippen LogP contribution in [0, 0.1) is 5.92 Å². The molecule has 1 saturated heterocycles. The van der Waals surface area contributed by atoms with Crippen LogP contribution in [0.3, 0.4) is 0 Å². The molecule has 0 atom stereocenters. The second-order valence-corrected chi connectivity index (χ2v) is 8.00. The number of nitrogens with zero attached hydrogens (tertiary/aromatic N) is 1. The van der Waals surface area contributed by atoms with Gasteiger partial charge in [-0.3, -0.25) is 0 Å². The Kier molecular flexibility index (Phi) is 5.94. The predicted octanol–water partition coefficient (Wildman–Crippen LogP) is 2.50. The van der Waals surface area contributed by atoms with E-state index >= 15 is 0 Å². The SMILES string of the molecule is CS(=O)(=O)N1CCC(CNC(=O)Nc2ccc(C(F)(F)F)cc2)CC1. The molecule has 1 aromatic rings. The van der Waals surface area contributed by atoms with Crippen LogP contribution in [0.2, 0.25) is 0 Å². The van der Waals surface area contributed by atoms with Crippen molar-refractivity contribution in [2.45, 2.75) is 19.0 Å². The molecule has 140 valence electrons. The summed E-state index contributed by atoms with van der Waals surface area (Å²) < 4.78 is 61.7. The fourth-order valence-corrected chi connectivity index (χ4v) is 3.47. The van der Waals surface area contributed by atoms with Crippen LogP contribution in [-0.2, 0) is 16.2 Å². The van der Waals surface area contributed by atoms with Crippen molar-refractivity contribution >= 4 is 21.7 Å². The molecule has 1 aliphatic heterocycles. The van der Waals surface area contributed by atoms with Crippen LogP contribution in [0.4, 0.5) is 23.7 Å². The zero-order valence-corrected chi connectivity index (χ0v) is 14.5. The van der Waals surface area contributed by atoms with Gasteiger partial charge in [0.05, 0.1) is 11.8 Å². The van der Waals surface area contributed by atoms with Gasteiger partial charge < -0.3 is 10.6 Å². The second-order valence-electron chi connectivity index (χ2n) is 6.02. The van der Waals surface area contributed by atoms with E-state index in [-0.39, 0.29) is 11.6 Å². The first kappa shape index (κ1) is 19.5. The maximum Gasteiger partial charge on any atom is 0.416 e. The highest BCUT2D eigenvalue weighted by Gasteiger charge is 2.30. The lowest BCUT2D eigenvalue weighted by Crippen LogP contribution is -2.41. The third-order valence-corrected chi connectivity index (χ3v) is 5.37. The van der Waals surface area contributed by atoms with Gasteiger partial charge in [0, 0.05) is 25.3 Å². The summed E-state index contributed by atoms with van der Waals surface area (Å²) in [5.41, 5.74) is -0.520. The van der Waals surface area contributed by atoms with Crippen molar-refractivity contribution in [3.8, 4) is 0 Å². The minimum absolute atomic E-state index is 0.163. The van der Waals surface area contributed by atoms with Crippen LogP contribution in [-0.4, -0.2) is 44.6 Å². The molecule has 0 bridgehead atoms. The summed E-state index contributed by atoms with van der Waals surface area (Å²) in [6.45, 7) is 1.22. The van der Waals surface area contributed by atoms with Crippen LogP contribution in [0.25, 0.3) is 0 Å². The van der Waals surface area contributed by atoms with Crippen LogP contribution < -0.4 is 10.6 Å². The summed E-state index contributed by atoms with van der Waals surface area (Å²) in [4.78, 5) is 11.8. The molecule has 10 heteroatoms. The zero-order valence-electron chi connectivity index (χ0n) is 13.6. The molecule has 0 saturated carbocycles. The summed E-state index contributed by atoms with van der Waals surface area (Å²) >= 11 is 0. The highest BCUT2D eigenvalue weighted by atomic mass is 32.2. The Morgan fingerprint density at radius 2 is 1.76 bits per heavy atom. The Balaban J connectivity index is 1.76. The van der Waals surface area contributed by atoms with Crippen molar-refractivity contribution in [2.75, 3.05) is 31.2 Å². The number of rotatable bonds is 4. The minimum Gasteiger partial charge on any atom is -0.338 e. The summed E-state index contributed by atoms with van der Waals surface area (Å²) in [5, 5.41) is 5.13. The number of hydrogen-bond acceptors (Lipinski definition) is 3. The first-order valence-electron chi connectivity index (χ1n) is 7.73. The first-order valence-corrected chi connectivity index (χ1v) is 9.58. The van der Waals surface area contributed by atoms with Crippen molar-refractivity contribution in [3.05, 3.63) is 29.8 Å². The van der Waals surface area contributed by atoms with Gasteiger partial charge in [0.15, 0.2) is 0 Å². The molecule has 1 aliphatic rings. The van der Waals surface area contributed by atoms with Gasteiger partial charge in [-0.15, -0.1) is 0 Å². The van der Waals surface area contributed by atoms with Crippen LogP contribution >= 0.6 is 0 Å². The van der Waals surface area contributed by atoms with Crippen molar-refractivity contribution < 1.29 is 26.4 Å². The highest BCUT2D eigenvalue weighted by molar-refractivity contribution is 7.88. The Hall–Kier alpha value is -1.81. The number of urea groups is 1. The van der Waals surface area contributed by atoms with Gasteiger partial charge in [-0.1, -0.05) is 0 Å². The van der Waals surface area contributed by atoms with Gasteiger partial charge in [-0.25, -0.2) is 17.5 Å². The minimum atomic E-state index is -4.42. The first-order chi connectivity index (χ1) is 11.6. The van der Waals surface area contributed by atoms with Crippen molar-refractivity contribution in [2.24, 2.45) is 5.92 Å². The van der Waals surface area contributed by atoms with E-state index in [9.17, 15) is 26.4 Å². The number of carbonyl (C=O) groups excluding carboxylic acids is 1. The number of halogens is 3. The predicted molar refractivity (Wildman–Crippen MR) is 87.6 cm³/mol. The van der Waals surface area contributed by atoms with E-state index in [1.165, 1.54) is 22.7 Å². The molecule has 1 aromatic carbocycles. The number of nitrogens with one attached hydrogen (secondary N) is 2. The Labute approximate surface area is 144 Å². The molecule has 2 N–H and O–H groups in total. The van der Waals surface area contributed by atoms with E-state index in [0.717, 1.165) is 12.1 Å². The number of carbonyl (C=O) groups is 1. The quantitative estimate of drug-likeness (QED) is 0.844. The number of sulfonamides is 1. The largest absolute Gasteiger partial charge is 0.416 e. The van der Waals surface area contributed by atoms with Crippen LogP contribution in [0.15, 0.2) is 24.3 Å². The number of hydrogen-bond donors (Lipinski definition) is 2. The molecular weight excluding hydrogens is 359 g/mol. The Bertz CT molecular complexity index is 697. The van der Waals surface area contributed by atoms with E-state index in [0.29, 0.717) is 32.5 Å². The topological polar surface area (TPSA) is 78.5 Å². The van der Waals surface area contributed by atoms with E-state index in [1.54, 1.807) is 0 Å². The molecule has 1 fully saturated rings. The van der Waals surface area contributed by atoms with Crippen molar-refractivity contribution in [1.82, 2.24) is 9.62 Å². The fourth-order valence-electron chi connectivity index (χ4n) is 2.60. The smallest absolute Gasteiger partial charge is 0.338 e. The number of anilines is 1. The van der Waals surface area contributed by atoms with Gasteiger partial charge in [-0.2, -0.15) is 13.2 Å². The monoisotopic (exact) mass is 379 g/mol. The lowest BCUT2D eigenvalue weighted by Gasteiger charge is -2.30. The summed E-state index contributed by atoms with van der Waals surface area (Å²) in [6.07, 6.45) is -1.95. The second kappa shape index (κ2) is 7.61. The van der Waals surface area contributed by atoms with E-state index < -0.39 is 27.8 Å². The zero-order chi connectivity index (χ0) is 18.7. The third kappa shape index (κ3) is 5.89. The maximum absolute atomic E-state index is 12.5. The molecule has 0 radical (unpaired) electrons. The lowest BCUT2D eigenvalue weighted by molar-refractivity contribution is -0.137. The number of alkyl halides is 3. The molecular formula is C15H20F3N3O3S. The lowest BCUT2D eigenvalue weighted by atomic mass is 9.98. The molecule has 6 nitrogen and oxygen atoms in total. The average Bonchev–Trinajstić information content (AvgIpc) is 2.52. The summed E-state index contributed by atoms with van der Waals surface area (Å²) in [6, 6.07) is 3.66. The van der Waals surface area contributed by atoms with Gasteiger partial charge >= 0.3 is 12.2 Å². The molecule has 2 amide bonds. The number of piperidine rings is 1. The van der Waals surface area contributed by atoms with E-state index in [2.05, 4.69) is 10.6 Å². The molecule has 0 spiro atoms. The molecule has 0 unspecified atom stereocenters. The van der Waals surface area contributed by atoms with Crippen molar-refractivity contribution in [1.29, 1.82) is 0 Å². The molecule has 25 heavy (non-hydrogen) atoms. The van der Waals surface area contributed by atoms with Gasteiger partial charge in [0.1, 0.15) is 0 Å². The Morgan fingerprint density at radius 1 is 1.20 bits per heavy atom. The van der Waals surface area contributed by atoms with Gasteiger partial charge in [0.25, 0.3) is 0 Å². The normalized spacial score (nSPS) is 17.3. The summed E-state index contributed by atoms with van der Waals surface area (Å²) in [7, 11) is -3.18. The van der Waals surface area contributed by atoms with Crippen LogP contribution in [0.1, 0.15) is 18.4 Å². The average molecular weight is 379 g/mol. The molecule has 2 rings (SSSR count). The fraction of sp³-hybridized carbons (Fsp3) is 0.533. The third-order valence-electron chi connectivity index (χ3n) is 4.06. The van der Waals surface area contributed by atoms with Crippen LogP contribution in [0.5, 0.6) is 0 Å². The number of amides is 2. The van der Waals surface area contributed by atoms with E-state index in [1.807, 2.05) is 0 Å². The molecule has 0 aromatic heterocycles. The molecule has 0 aliphatic carbocycles. The summed E-state index contributed by atoms with van der Waals surface area (Å²) in [5.74, 6) is 0.163. The maximum atomic E-state index is 12.5. The van der Waals surface area contributed by atoms with Gasteiger partial charge in [-0.05, 0) is 43.0 Å².